The van der Waals surface area contributed by atoms with Crippen molar-refractivity contribution in [3.63, 3.8) is 0 Å². The Kier molecular flexibility index (Phi) is 3.80. The van der Waals surface area contributed by atoms with Crippen LogP contribution in [0.2, 0.25) is 0 Å². The predicted molar refractivity (Wildman–Crippen MR) is 79.7 cm³/mol. The van der Waals surface area contributed by atoms with Crippen LogP contribution in [-0.2, 0) is 6.54 Å². The fourth-order valence-electron chi connectivity index (χ4n) is 2.14. The highest BCUT2D eigenvalue weighted by Gasteiger charge is 2.15. The summed E-state index contributed by atoms with van der Waals surface area (Å²) >= 11 is 0. The summed E-state index contributed by atoms with van der Waals surface area (Å²) < 4.78 is 10.4. The number of H-pyrrole nitrogens is 1. The molecule has 8 heteroatoms. The van der Waals surface area contributed by atoms with Crippen LogP contribution in [0.3, 0.4) is 0 Å². The van der Waals surface area contributed by atoms with Crippen LogP contribution < -0.4 is 10.9 Å². The summed E-state index contributed by atoms with van der Waals surface area (Å²) in [5, 5.41) is 6.41. The number of amides is 1. The summed E-state index contributed by atoms with van der Waals surface area (Å²) in [6.07, 6.45) is 1.52. The zero-order valence-electron chi connectivity index (χ0n) is 12.5. The van der Waals surface area contributed by atoms with E-state index in [0.29, 0.717) is 22.6 Å². The first-order valence-corrected chi connectivity index (χ1v) is 6.90. The van der Waals surface area contributed by atoms with Gasteiger partial charge in [-0.05, 0) is 32.0 Å². The number of nitrogens with zero attached hydrogens (tertiary/aromatic N) is 2. The lowest BCUT2D eigenvalue weighted by molar-refractivity contribution is 0.0944. The van der Waals surface area contributed by atoms with Crippen LogP contribution in [0, 0.1) is 13.8 Å². The van der Waals surface area contributed by atoms with Crippen molar-refractivity contribution in [1.29, 1.82) is 0 Å². The Hall–Kier alpha value is -3.16. The minimum absolute atomic E-state index is 0.0558. The molecule has 3 heterocycles. The summed E-state index contributed by atoms with van der Waals surface area (Å²) in [7, 11) is 0. The monoisotopic (exact) mass is 314 g/mol. The molecule has 8 nitrogen and oxygen atoms in total. The molecule has 0 unspecified atom stereocenters. The van der Waals surface area contributed by atoms with Crippen molar-refractivity contribution in [3.8, 4) is 11.4 Å². The number of hydrogen-bond acceptors (Lipinski definition) is 6. The van der Waals surface area contributed by atoms with E-state index in [-0.39, 0.29) is 29.7 Å². The van der Waals surface area contributed by atoms with Gasteiger partial charge in [0, 0.05) is 6.20 Å². The first-order chi connectivity index (χ1) is 11.0. The van der Waals surface area contributed by atoms with E-state index < -0.39 is 0 Å². The molecule has 0 saturated heterocycles. The minimum atomic E-state index is -0.312. The van der Waals surface area contributed by atoms with Gasteiger partial charge in [-0.2, -0.15) is 4.98 Å². The number of hydrogen-bond donors (Lipinski definition) is 2. The van der Waals surface area contributed by atoms with E-state index in [1.165, 1.54) is 6.20 Å². The van der Waals surface area contributed by atoms with E-state index in [1.54, 1.807) is 32.0 Å². The van der Waals surface area contributed by atoms with E-state index in [0.717, 1.165) is 0 Å². The SMILES string of the molecule is Cc1cc(C(=O)NCc2nc(-c3ccc[nH]c3=O)no2)c(C)o1. The zero-order valence-corrected chi connectivity index (χ0v) is 12.5. The fourth-order valence-corrected chi connectivity index (χ4v) is 2.14. The molecule has 3 rings (SSSR count). The Labute approximate surface area is 130 Å². The van der Waals surface area contributed by atoms with E-state index in [1.807, 2.05) is 0 Å². The minimum Gasteiger partial charge on any atom is -0.466 e. The third-order valence-electron chi connectivity index (χ3n) is 3.21. The van der Waals surface area contributed by atoms with Crippen molar-refractivity contribution < 1.29 is 13.7 Å². The number of carbonyl (C=O) groups excluding carboxylic acids is 1. The van der Waals surface area contributed by atoms with Crippen molar-refractivity contribution >= 4 is 5.91 Å². The Bertz CT molecular complexity index is 906. The molecule has 0 radical (unpaired) electrons. The average molecular weight is 314 g/mol. The predicted octanol–water partition coefficient (Wildman–Crippen LogP) is 1.56. The molecule has 1 amide bonds. The van der Waals surface area contributed by atoms with E-state index in [2.05, 4.69) is 20.4 Å². The first kappa shape index (κ1) is 14.8. The smallest absolute Gasteiger partial charge is 0.259 e. The van der Waals surface area contributed by atoms with Crippen molar-refractivity contribution in [2.24, 2.45) is 0 Å². The molecule has 2 N–H and O–H groups in total. The lowest BCUT2D eigenvalue weighted by Crippen LogP contribution is -2.23. The second-order valence-corrected chi connectivity index (χ2v) is 4.93. The molecular formula is C15H14N4O4. The van der Waals surface area contributed by atoms with Gasteiger partial charge < -0.3 is 19.2 Å². The van der Waals surface area contributed by atoms with Crippen LogP contribution in [0.25, 0.3) is 11.4 Å². The van der Waals surface area contributed by atoms with Crippen LogP contribution in [0.1, 0.15) is 27.8 Å². The van der Waals surface area contributed by atoms with Gasteiger partial charge in [0.15, 0.2) is 0 Å². The number of furan rings is 1. The molecule has 3 aromatic heterocycles. The highest BCUT2D eigenvalue weighted by molar-refractivity contribution is 5.95. The molecule has 0 aliphatic carbocycles. The Morgan fingerprint density at radius 2 is 2.22 bits per heavy atom. The number of rotatable bonds is 4. The summed E-state index contributed by atoms with van der Waals surface area (Å²) in [4.78, 5) is 30.4. The molecule has 0 aliphatic heterocycles. The summed E-state index contributed by atoms with van der Waals surface area (Å²) in [5.41, 5.74) is 0.449. The van der Waals surface area contributed by atoms with Crippen molar-refractivity contribution in [3.05, 3.63) is 57.7 Å². The number of aromatic amines is 1. The first-order valence-electron chi connectivity index (χ1n) is 6.90. The molecule has 0 fully saturated rings. The Balaban J connectivity index is 1.70. The molecule has 0 saturated carbocycles. The maximum absolute atomic E-state index is 12.1. The van der Waals surface area contributed by atoms with Crippen LogP contribution >= 0.6 is 0 Å². The topological polar surface area (TPSA) is 114 Å². The van der Waals surface area contributed by atoms with Crippen molar-refractivity contribution in [1.82, 2.24) is 20.4 Å². The van der Waals surface area contributed by atoms with Gasteiger partial charge in [-0.1, -0.05) is 5.16 Å². The molecular weight excluding hydrogens is 300 g/mol. The third-order valence-corrected chi connectivity index (χ3v) is 3.21. The zero-order chi connectivity index (χ0) is 16.4. The van der Waals surface area contributed by atoms with Crippen LogP contribution in [0.5, 0.6) is 0 Å². The van der Waals surface area contributed by atoms with E-state index in [4.69, 9.17) is 8.94 Å². The number of aromatic nitrogens is 3. The summed E-state index contributed by atoms with van der Waals surface area (Å²) in [5.74, 6) is 1.29. The van der Waals surface area contributed by atoms with Crippen LogP contribution in [0.15, 0.2) is 38.1 Å². The maximum atomic E-state index is 12.1. The number of aryl methyl sites for hydroxylation is 2. The van der Waals surface area contributed by atoms with Gasteiger partial charge in [0.25, 0.3) is 11.5 Å². The van der Waals surface area contributed by atoms with Gasteiger partial charge in [0.05, 0.1) is 17.7 Å². The molecule has 0 aliphatic rings. The van der Waals surface area contributed by atoms with Gasteiger partial charge in [0.1, 0.15) is 11.5 Å². The average Bonchev–Trinajstić information content (AvgIpc) is 3.12. The van der Waals surface area contributed by atoms with Gasteiger partial charge in [0.2, 0.25) is 11.7 Å². The largest absolute Gasteiger partial charge is 0.466 e. The highest BCUT2D eigenvalue weighted by Crippen LogP contribution is 2.14. The molecule has 23 heavy (non-hydrogen) atoms. The normalized spacial score (nSPS) is 10.7. The summed E-state index contributed by atoms with van der Waals surface area (Å²) in [6.45, 7) is 3.54. The molecule has 0 spiro atoms. The standard InChI is InChI=1S/C15H14N4O4/c1-8-6-11(9(2)22-8)15(21)17-7-12-18-13(19-23-12)10-4-3-5-16-14(10)20/h3-6H,7H2,1-2H3,(H,16,20)(H,17,21). The lowest BCUT2D eigenvalue weighted by atomic mass is 10.2. The fraction of sp³-hybridized carbons (Fsp3) is 0.200. The highest BCUT2D eigenvalue weighted by atomic mass is 16.5. The van der Waals surface area contributed by atoms with Gasteiger partial charge in [-0.15, -0.1) is 0 Å². The van der Waals surface area contributed by atoms with Crippen LogP contribution in [0.4, 0.5) is 0 Å². The second-order valence-electron chi connectivity index (χ2n) is 4.93. The van der Waals surface area contributed by atoms with Crippen molar-refractivity contribution in [2.75, 3.05) is 0 Å². The number of pyridine rings is 1. The van der Waals surface area contributed by atoms with Gasteiger partial charge >= 0.3 is 0 Å². The molecule has 0 bridgehead atoms. The van der Waals surface area contributed by atoms with Gasteiger partial charge in [-0.25, -0.2) is 0 Å². The molecule has 118 valence electrons. The number of carbonyl (C=O) groups is 1. The van der Waals surface area contributed by atoms with E-state index in [9.17, 15) is 9.59 Å². The molecule has 0 aromatic carbocycles. The molecule has 3 aromatic rings. The Morgan fingerprint density at radius 1 is 1.39 bits per heavy atom. The van der Waals surface area contributed by atoms with E-state index >= 15 is 0 Å². The van der Waals surface area contributed by atoms with Crippen LogP contribution in [-0.4, -0.2) is 21.0 Å². The van der Waals surface area contributed by atoms with Gasteiger partial charge in [-0.3, -0.25) is 9.59 Å². The quantitative estimate of drug-likeness (QED) is 0.755. The van der Waals surface area contributed by atoms with Crippen molar-refractivity contribution in [2.45, 2.75) is 20.4 Å². The lowest BCUT2D eigenvalue weighted by Gasteiger charge is -1.99. The summed E-state index contributed by atoms with van der Waals surface area (Å²) in [6, 6.07) is 4.91. The maximum Gasteiger partial charge on any atom is 0.259 e. The third kappa shape index (κ3) is 3.05. The molecule has 0 atom stereocenters. The second kappa shape index (κ2) is 5.91. The Morgan fingerprint density at radius 3 is 2.91 bits per heavy atom. The number of nitrogens with one attached hydrogen (secondary N) is 2.